The zero-order valence-electron chi connectivity index (χ0n) is 10.9. The van der Waals surface area contributed by atoms with Crippen LogP contribution >= 0.6 is 11.3 Å². The highest BCUT2D eigenvalue weighted by atomic mass is 32.1. The number of rotatable bonds is 1. The van der Waals surface area contributed by atoms with Crippen LogP contribution in [0.4, 0.5) is 0 Å². The van der Waals surface area contributed by atoms with E-state index in [0.29, 0.717) is 6.54 Å². The van der Waals surface area contributed by atoms with Crippen molar-refractivity contribution >= 4 is 23.2 Å². The van der Waals surface area contributed by atoms with Gasteiger partial charge in [-0.25, -0.2) is 0 Å². The summed E-state index contributed by atoms with van der Waals surface area (Å²) >= 11 is 1.54. The van der Waals surface area contributed by atoms with Gasteiger partial charge in [0.2, 0.25) is 5.91 Å². The maximum absolute atomic E-state index is 12.3. The summed E-state index contributed by atoms with van der Waals surface area (Å²) in [4.78, 5) is 26.2. The maximum Gasteiger partial charge on any atom is 0.254 e. The summed E-state index contributed by atoms with van der Waals surface area (Å²) in [6, 6.07) is 1.87. The fourth-order valence-electron chi connectivity index (χ4n) is 3.16. The smallest absolute Gasteiger partial charge is 0.254 e. The summed E-state index contributed by atoms with van der Waals surface area (Å²) < 4.78 is 0. The van der Waals surface area contributed by atoms with E-state index in [0.717, 1.165) is 44.3 Å². The van der Waals surface area contributed by atoms with Gasteiger partial charge in [0.05, 0.1) is 11.0 Å². The minimum Gasteiger partial charge on any atom is -0.356 e. The molecule has 1 aromatic rings. The van der Waals surface area contributed by atoms with E-state index in [1.54, 1.807) is 11.3 Å². The van der Waals surface area contributed by atoms with Gasteiger partial charge in [-0.15, -0.1) is 0 Å². The first-order chi connectivity index (χ1) is 9.21. The summed E-state index contributed by atoms with van der Waals surface area (Å²) in [7, 11) is 0. The average Bonchev–Trinajstić information content (AvgIpc) is 2.98. The van der Waals surface area contributed by atoms with E-state index < -0.39 is 0 Å². The molecule has 1 spiro atoms. The van der Waals surface area contributed by atoms with Crippen LogP contribution in [0.25, 0.3) is 0 Å². The fourth-order valence-corrected chi connectivity index (χ4v) is 3.79. The van der Waals surface area contributed by atoms with Gasteiger partial charge in [-0.3, -0.25) is 9.59 Å². The predicted octanol–water partition coefficient (Wildman–Crippen LogP) is 1.88. The number of likely N-dealkylation sites (tertiary alicyclic amines) is 1. The molecule has 3 heterocycles. The molecule has 0 unspecified atom stereocenters. The number of nitrogens with one attached hydrogen (secondary N) is 1. The predicted molar refractivity (Wildman–Crippen MR) is 74.1 cm³/mol. The number of hydrogen-bond acceptors (Lipinski definition) is 3. The first-order valence-corrected chi connectivity index (χ1v) is 7.75. The molecule has 0 aliphatic carbocycles. The molecule has 2 amide bonds. The molecule has 1 atom stereocenters. The Hall–Kier alpha value is -1.36. The van der Waals surface area contributed by atoms with Crippen LogP contribution in [0.1, 0.15) is 36.0 Å². The molecule has 102 valence electrons. The molecule has 2 fully saturated rings. The largest absolute Gasteiger partial charge is 0.356 e. The Labute approximate surface area is 116 Å². The van der Waals surface area contributed by atoms with Gasteiger partial charge < -0.3 is 10.2 Å². The lowest BCUT2D eigenvalue weighted by atomic mass is 9.79. The molecule has 0 radical (unpaired) electrons. The number of nitrogens with zero attached hydrogens (tertiary/aromatic N) is 1. The number of hydrogen-bond donors (Lipinski definition) is 1. The molecule has 4 nitrogen and oxygen atoms in total. The van der Waals surface area contributed by atoms with Crippen molar-refractivity contribution in [2.24, 2.45) is 5.41 Å². The monoisotopic (exact) mass is 278 g/mol. The van der Waals surface area contributed by atoms with Gasteiger partial charge in [0.1, 0.15) is 0 Å². The second-order valence-electron chi connectivity index (χ2n) is 5.44. The van der Waals surface area contributed by atoms with Crippen molar-refractivity contribution < 1.29 is 9.59 Å². The van der Waals surface area contributed by atoms with Crippen LogP contribution in [0.5, 0.6) is 0 Å². The summed E-state index contributed by atoms with van der Waals surface area (Å²) in [5.41, 5.74) is 0.570. The van der Waals surface area contributed by atoms with Crippen molar-refractivity contribution in [2.45, 2.75) is 25.7 Å². The molecule has 1 aromatic heterocycles. The van der Waals surface area contributed by atoms with E-state index in [-0.39, 0.29) is 17.2 Å². The van der Waals surface area contributed by atoms with Crippen molar-refractivity contribution in [3.05, 3.63) is 22.4 Å². The van der Waals surface area contributed by atoms with E-state index >= 15 is 0 Å². The Morgan fingerprint density at radius 1 is 1.32 bits per heavy atom. The lowest BCUT2D eigenvalue weighted by molar-refractivity contribution is -0.128. The third-order valence-corrected chi connectivity index (χ3v) is 5.05. The van der Waals surface area contributed by atoms with E-state index in [9.17, 15) is 9.59 Å². The van der Waals surface area contributed by atoms with E-state index in [4.69, 9.17) is 0 Å². The number of thiophene rings is 1. The average molecular weight is 278 g/mol. The minimum absolute atomic E-state index is 0.108. The number of amides is 2. The third kappa shape index (κ3) is 2.27. The fraction of sp³-hybridized carbons (Fsp3) is 0.571. The third-order valence-electron chi connectivity index (χ3n) is 4.37. The van der Waals surface area contributed by atoms with Gasteiger partial charge in [-0.1, -0.05) is 0 Å². The Kier molecular flexibility index (Phi) is 3.31. The molecular weight excluding hydrogens is 260 g/mol. The van der Waals surface area contributed by atoms with E-state index in [1.165, 1.54) is 0 Å². The first-order valence-electron chi connectivity index (χ1n) is 6.81. The maximum atomic E-state index is 12.3. The normalized spacial score (nSPS) is 27.4. The molecule has 0 aromatic carbocycles. The zero-order valence-corrected chi connectivity index (χ0v) is 11.7. The highest BCUT2D eigenvalue weighted by Crippen LogP contribution is 2.38. The molecule has 1 N–H and O–H groups in total. The van der Waals surface area contributed by atoms with Crippen LogP contribution in [0.15, 0.2) is 16.8 Å². The lowest BCUT2D eigenvalue weighted by Gasteiger charge is -2.24. The second kappa shape index (κ2) is 4.96. The molecule has 0 bridgehead atoms. The SMILES string of the molecule is O=C(c1ccsc1)N1CCC[C@@]2(CCNC2=O)CC1. The standard InChI is InChI=1S/C14H18N2O2S/c17-12(11-2-9-19-10-11)16-7-1-3-14(5-8-16)4-6-15-13(14)18/h2,9-10H,1,3-8H2,(H,15,18)/t14-/m1/s1. The van der Waals surface area contributed by atoms with Gasteiger partial charge in [0.15, 0.2) is 0 Å². The summed E-state index contributed by atoms with van der Waals surface area (Å²) in [6.45, 7) is 2.25. The zero-order chi connectivity index (χ0) is 13.3. The van der Waals surface area contributed by atoms with Gasteiger partial charge in [0, 0.05) is 25.0 Å². The molecule has 2 saturated heterocycles. The molecule has 5 heteroatoms. The lowest BCUT2D eigenvalue weighted by Crippen LogP contribution is -2.35. The van der Waals surface area contributed by atoms with Crippen LogP contribution in [0.2, 0.25) is 0 Å². The van der Waals surface area contributed by atoms with Crippen LogP contribution in [-0.4, -0.2) is 36.3 Å². The van der Waals surface area contributed by atoms with Gasteiger partial charge >= 0.3 is 0 Å². The topological polar surface area (TPSA) is 49.4 Å². The van der Waals surface area contributed by atoms with Crippen molar-refractivity contribution in [3.8, 4) is 0 Å². The molecule has 3 rings (SSSR count). The summed E-state index contributed by atoms with van der Waals surface area (Å²) in [5.74, 6) is 0.300. The second-order valence-corrected chi connectivity index (χ2v) is 6.22. The highest BCUT2D eigenvalue weighted by molar-refractivity contribution is 7.08. The van der Waals surface area contributed by atoms with Crippen LogP contribution in [0.3, 0.4) is 0 Å². The Morgan fingerprint density at radius 2 is 2.21 bits per heavy atom. The van der Waals surface area contributed by atoms with Gasteiger partial charge in [-0.05, 0) is 37.1 Å². The van der Waals surface area contributed by atoms with Gasteiger partial charge in [0.25, 0.3) is 5.91 Å². The Bertz CT molecular complexity index is 486. The molecule has 2 aliphatic heterocycles. The first kappa shape index (κ1) is 12.7. The van der Waals surface area contributed by atoms with Crippen molar-refractivity contribution in [2.75, 3.05) is 19.6 Å². The summed E-state index contributed by atoms with van der Waals surface area (Å²) in [6.07, 6.45) is 3.55. The van der Waals surface area contributed by atoms with E-state index in [2.05, 4.69) is 5.32 Å². The summed E-state index contributed by atoms with van der Waals surface area (Å²) in [5, 5.41) is 6.76. The highest BCUT2D eigenvalue weighted by Gasteiger charge is 2.43. The molecule has 2 aliphatic rings. The number of carbonyl (C=O) groups excluding carboxylic acids is 2. The Morgan fingerprint density at radius 3 is 2.89 bits per heavy atom. The number of carbonyl (C=O) groups is 2. The quantitative estimate of drug-likeness (QED) is 0.852. The molecule has 0 saturated carbocycles. The van der Waals surface area contributed by atoms with Crippen LogP contribution in [-0.2, 0) is 4.79 Å². The Balaban J connectivity index is 1.71. The van der Waals surface area contributed by atoms with Crippen molar-refractivity contribution in [1.82, 2.24) is 10.2 Å². The van der Waals surface area contributed by atoms with Crippen molar-refractivity contribution in [1.29, 1.82) is 0 Å². The van der Waals surface area contributed by atoms with E-state index in [1.807, 2.05) is 21.7 Å². The molecule has 19 heavy (non-hydrogen) atoms. The minimum atomic E-state index is -0.205. The van der Waals surface area contributed by atoms with Crippen LogP contribution < -0.4 is 5.32 Å². The van der Waals surface area contributed by atoms with Gasteiger partial charge in [-0.2, -0.15) is 11.3 Å². The molecular formula is C14H18N2O2S. The van der Waals surface area contributed by atoms with Crippen molar-refractivity contribution in [3.63, 3.8) is 0 Å². The van der Waals surface area contributed by atoms with Crippen LogP contribution in [0, 0.1) is 5.41 Å².